The van der Waals surface area contributed by atoms with Crippen LogP contribution in [0.25, 0.3) is 55.8 Å². The van der Waals surface area contributed by atoms with Crippen molar-refractivity contribution in [1.29, 1.82) is 0 Å². The van der Waals surface area contributed by atoms with Gasteiger partial charge >= 0.3 is 0 Å². The van der Waals surface area contributed by atoms with Gasteiger partial charge in [-0.2, -0.15) is 5.10 Å². The van der Waals surface area contributed by atoms with Crippen molar-refractivity contribution in [2.75, 3.05) is 20.6 Å². The van der Waals surface area contributed by atoms with Crippen LogP contribution in [0, 0.1) is 5.82 Å². The highest BCUT2D eigenvalue weighted by Crippen LogP contribution is 2.35. The first-order valence-corrected chi connectivity index (χ1v) is 14.6. The highest BCUT2D eigenvalue weighted by atomic mass is 19.1. The van der Waals surface area contributed by atoms with Crippen LogP contribution in [0.4, 0.5) is 4.39 Å². The zero-order valence-electron chi connectivity index (χ0n) is 24.8. The van der Waals surface area contributed by atoms with E-state index in [1.54, 1.807) is 18.6 Å². The third-order valence-corrected chi connectivity index (χ3v) is 7.67. The molecular formula is C35H31FN8O. The number of aromatic amines is 2. The predicted molar refractivity (Wildman–Crippen MR) is 174 cm³/mol. The Morgan fingerprint density at radius 2 is 1.82 bits per heavy atom. The Kier molecular flexibility index (Phi) is 7.50. The number of ether oxygens (including phenoxy) is 1. The van der Waals surface area contributed by atoms with E-state index in [4.69, 9.17) is 15.5 Å². The molecule has 4 N–H and O–H groups in total. The largest absolute Gasteiger partial charge is 0.487 e. The predicted octanol–water partition coefficient (Wildman–Crippen LogP) is 6.51. The highest BCUT2D eigenvalue weighted by molar-refractivity contribution is 5.99. The van der Waals surface area contributed by atoms with E-state index < -0.39 is 0 Å². The summed E-state index contributed by atoms with van der Waals surface area (Å²) in [5, 5.41) is 8.52. The molecule has 0 radical (unpaired) electrons. The number of pyridine rings is 3. The number of halogens is 1. The lowest BCUT2D eigenvalue weighted by Crippen LogP contribution is -2.26. The number of likely N-dealkylation sites (N-methyl/N-ethyl adjacent to an activating group) is 1. The van der Waals surface area contributed by atoms with Gasteiger partial charge in [0, 0.05) is 35.9 Å². The number of rotatable bonds is 9. The molecule has 0 saturated carbocycles. The fourth-order valence-corrected chi connectivity index (χ4v) is 5.51. The van der Waals surface area contributed by atoms with Gasteiger partial charge in [0.25, 0.3) is 0 Å². The summed E-state index contributed by atoms with van der Waals surface area (Å²) in [5.74, 6) is 0.319. The minimum Gasteiger partial charge on any atom is -0.487 e. The van der Waals surface area contributed by atoms with Crippen LogP contribution in [-0.4, -0.2) is 55.7 Å². The molecule has 0 aliphatic heterocycles. The number of aromatic nitrogens is 6. The van der Waals surface area contributed by atoms with E-state index in [1.807, 2.05) is 85.7 Å². The zero-order chi connectivity index (χ0) is 30.9. The Morgan fingerprint density at radius 1 is 0.956 bits per heavy atom. The fraction of sp³-hybridized carbons (Fsp3) is 0.143. The second kappa shape index (κ2) is 11.9. The number of hydrogen-bond acceptors (Lipinski definition) is 7. The monoisotopic (exact) mass is 598 g/mol. The van der Waals surface area contributed by atoms with E-state index >= 15 is 0 Å². The first-order valence-electron chi connectivity index (χ1n) is 14.6. The van der Waals surface area contributed by atoms with Crippen molar-refractivity contribution in [3.8, 4) is 39.5 Å². The van der Waals surface area contributed by atoms with Gasteiger partial charge in [0.2, 0.25) is 0 Å². The molecule has 45 heavy (non-hydrogen) atoms. The maximum Gasteiger partial charge on any atom is 0.138 e. The maximum absolute atomic E-state index is 14.8. The second-order valence-electron chi connectivity index (χ2n) is 11.3. The van der Waals surface area contributed by atoms with E-state index in [2.05, 4.69) is 25.1 Å². The molecule has 7 aromatic rings. The van der Waals surface area contributed by atoms with Crippen molar-refractivity contribution in [3.05, 3.63) is 114 Å². The Hall–Kier alpha value is -5.45. The van der Waals surface area contributed by atoms with Gasteiger partial charge in [-0.15, -0.1) is 0 Å². The van der Waals surface area contributed by atoms with Crippen molar-refractivity contribution in [2.45, 2.75) is 12.6 Å². The van der Waals surface area contributed by atoms with Crippen molar-refractivity contribution in [1.82, 2.24) is 35.0 Å². The van der Waals surface area contributed by atoms with Gasteiger partial charge in [-0.3, -0.25) is 10.1 Å². The molecule has 224 valence electrons. The summed E-state index contributed by atoms with van der Waals surface area (Å²) in [6.07, 6.45) is 5.17. The summed E-state index contributed by atoms with van der Waals surface area (Å²) in [7, 11) is 3.89. The fourth-order valence-electron chi connectivity index (χ4n) is 5.51. The van der Waals surface area contributed by atoms with Crippen molar-refractivity contribution < 1.29 is 9.13 Å². The summed E-state index contributed by atoms with van der Waals surface area (Å²) in [6, 6.07) is 24.3. The zero-order valence-corrected chi connectivity index (χ0v) is 24.8. The molecule has 1 atom stereocenters. The lowest BCUT2D eigenvalue weighted by molar-refractivity contribution is 0.305. The van der Waals surface area contributed by atoms with Crippen LogP contribution in [-0.2, 0) is 6.61 Å². The summed E-state index contributed by atoms with van der Waals surface area (Å²) in [6.45, 7) is 1.05. The first-order chi connectivity index (χ1) is 21.9. The summed E-state index contributed by atoms with van der Waals surface area (Å²) in [5.41, 5.74) is 14.8. The van der Waals surface area contributed by atoms with Gasteiger partial charge in [-0.25, -0.2) is 14.4 Å². The van der Waals surface area contributed by atoms with E-state index in [9.17, 15) is 4.39 Å². The molecule has 10 heteroatoms. The topological polar surface area (TPSA) is 122 Å². The van der Waals surface area contributed by atoms with Crippen LogP contribution in [0.15, 0.2) is 97.5 Å². The standard InChI is InChI=1S/C35H31FN8O/c1-44(2)19-29(37)23-12-22(13-25(36)14-23)27-10-11-39-35-28(27)16-32(41-35)34-33-31(42-43-34)9-8-30(40-33)24-15-26(18-38-17-24)45-20-21-6-4-3-5-7-21/h3-18,29H,19-20,37H2,1-2H3,(H,39,41)(H,42,43). The third-order valence-electron chi connectivity index (χ3n) is 7.67. The number of nitrogens with one attached hydrogen (secondary N) is 2. The lowest BCUT2D eigenvalue weighted by Gasteiger charge is -2.18. The van der Waals surface area contributed by atoms with Gasteiger partial charge in [0.1, 0.15) is 35.0 Å². The normalized spacial score (nSPS) is 12.3. The van der Waals surface area contributed by atoms with Crippen LogP contribution in [0.5, 0.6) is 5.75 Å². The summed E-state index contributed by atoms with van der Waals surface area (Å²) >= 11 is 0. The minimum atomic E-state index is -0.337. The molecular weight excluding hydrogens is 567 g/mol. The van der Waals surface area contributed by atoms with Gasteiger partial charge in [0.05, 0.1) is 23.1 Å². The van der Waals surface area contributed by atoms with E-state index in [1.165, 1.54) is 12.1 Å². The van der Waals surface area contributed by atoms with E-state index in [0.717, 1.165) is 50.1 Å². The average Bonchev–Trinajstić information content (AvgIpc) is 3.68. The smallest absolute Gasteiger partial charge is 0.138 e. The molecule has 5 aromatic heterocycles. The molecule has 0 spiro atoms. The molecule has 7 rings (SSSR count). The Balaban J connectivity index is 1.22. The number of nitrogens with two attached hydrogens (primary N) is 1. The number of nitrogens with zero attached hydrogens (tertiary/aromatic N) is 5. The molecule has 2 aromatic carbocycles. The quantitative estimate of drug-likeness (QED) is 0.173. The highest BCUT2D eigenvalue weighted by Gasteiger charge is 2.18. The van der Waals surface area contributed by atoms with Crippen molar-refractivity contribution in [3.63, 3.8) is 0 Å². The SMILES string of the molecule is CN(C)CC(N)c1cc(F)cc(-c2ccnc3[nH]c(-c4n[nH]c5ccc(-c6cncc(OCc7ccccc7)c6)nc45)cc23)c1. The maximum atomic E-state index is 14.8. The number of hydrogen-bond donors (Lipinski definition) is 3. The van der Waals surface area contributed by atoms with Crippen molar-refractivity contribution in [2.24, 2.45) is 5.73 Å². The molecule has 0 bridgehead atoms. The number of benzene rings is 2. The van der Waals surface area contributed by atoms with Gasteiger partial charge < -0.3 is 20.4 Å². The molecule has 0 saturated heterocycles. The number of H-pyrrole nitrogens is 2. The number of fused-ring (bicyclic) bond motifs is 2. The van der Waals surface area contributed by atoms with Crippen LogP contribution in [0.3, 0.4) is 0 Å². The van der Waals surface area contributed by atoms with Gasteiger partial charge in [0.15, 0.2) is 0 Å². The molecule has 0 fully saturated rings. The summed E-state index contributed by atoms with van der Waals surface area (Å²) in [4.78, 5) is 19.3. The second-order valence-corrected chi connectivity index (χ2v) is 11.3. The van der Waals surface area contributed by atoms with Gasteiger partial charge in [-0.1, -0.05) is 30.3 Å². The Morgan fingerprint density at radius 3 is 2.67 bits per heavy atom. The third kappa shape index (κ3) is 5.88. The Labute approximate surface area is 258 Å². The summed E-state index contributed by atoms with van der Waals surface area (Å²) < 4.78 is 20.8. The first kappa shape index (κ1) is 28.3. The average molecular weight is 599 g/mol. The molecule has 9 nitrogen and oxygen atoms in total. The molecule has 0 aliphatic carbocycles. The van der Waals surface area contributed by atoms with E-state index in [-0.39, 0.29) is 11.9 Å². The molecule has 0 aliphatic rings. The van der Waals surface area contributed by atoms with Crippen molar-refractivity contribution >= 4 is 22.1 Å². The van der Waals surface area contributed by atoms with Gasteiger partial charge in [-0.05, 0) is 84.9 Å². The van der Waals surface area contributed by atoms with E-state index in [0.29, 0.717) is 35.8 Å². The minimum absolute atomic E-state index is 0.324. The van der Waals surface area contributed by atoms with Crippen LogP contribution in [0.1, 0.15) is 17.2 Å². The molecule has 1 unspecified atom stereocenters. The Bertz CT molecular complexity index is 2120. The molecule has 5 heterocycles. The molecule has 0 amide bonds. The van der Waals surface area contributed by atoms with Crippen LogP contribution < -0.4 is 10.5 Å². The van der Waals surface area contributed by atoms with Crippen LogP contribution in [0.2, 0.25) is 0 Å². The lowest BCUT2D eigenvalue weighted by atomic mass is 9.98. The van der Waals surface area contributed by atoms with Crippen LogP contribution >= 0.6 is 0 Å².